The molecule has 0 atom stereocenters. The number of hydrogen-bond donors (Lipinski definition) is 0. The average Bonchev–Trinajstić information content (AvgIpc) is 3.58. The molecule has 1 aromatic heterocycles. The van der Waals surface area contributed by atoms with E-state index in [-0.39, 0.29) is 0 Å². The summed E-state index contributed by atoms with van der Waals surface area (Å²) in [5.74, 6) is 3.58. The van der Waals surface area contributed by atoms with E-state index in [1.54, 1.807) is 0 Å². The van der Waals surface area contributed by atoms with Crippen LogP contribution in [0.1, 0.15) is 27.8 Å². The molecular weight excluding hydrogens is 709 g/mol. The zero-order valence-corrected chi connectivity index (χ0v) is 31.2. The minimum absolute atomic E-state index is 0.584. The maximum absolute atomic E-state index is 10.0. The molecule has 0 saturated heterocycles. The van der Waals surface area contributed by atoms with Crippen LogP contribution in [0, 0.1) is 11.3 Å². The number of aromatic nitrogens is 3. The number of fused-ring (bicyclic) bond motifs is 9. The first-order valence-corrected chi connectivity index (χ1v) is 19.3. The third-order valence-corrected chi connectivity index (χ3v) is 11.4. The van der Waals surface area contributed by atoms with Crippen LogP contribution in [0.3, 0.4) is 0 Å². The lowest BCUT2D eigenvalue weighted by Gasteiger charge is -2.39. The normalized spacial score (nSPS) is 12.7. The summed E-state index contributed by atoms with van der Waals surface area (Å²) in [5, 5.41) is 10.0. The monoisotopic (exact) mass is 740 g/mol. The number of nitriles is 1. The molecule has 0 radical (unpaired) electrons. The molecule has 1 spiro atoms. The van der Waals surface area contributed by atoms with E-state index < -0.39 is 5.41 Å². The fraction of sp³-hybridized carbons (Fsp3) is 0.0189. The van der Waals surface area contributed by atoms with Gasteiger partial charge < -0.3 is 4.74 Å². The number of ether oxygens (including phenoxy) is 1. The molecule has 5 heteroatoms. The van der Waals surface area contributed by atoms with Crippen molar-refractivity contribution < 1.29 is 4.74 Å². The van der Waals surface area contributed by atoms with E-state index in [0.717, 1.165) is 78.3 Å². The molecule has 0 N–H and O–H groups in total. The SMILES string of the molecule is N#Cc1ccc2c(c1)-c1cc(-c3ccc(-c4cccc(-c5nc(-c6ccccc6)nc(-c6ccccc6)n5)c4)cc3)ccc1C21c2ccccc2Oc2ccccc21. The lowest BCUT2D eigenvalue weighted by molar-refractivity contribution is 0.436. The van der Waals surface area contributed by atoms with E-state index in [2.05, 4.69) is 103 Å². The predicted octanol–water partition coefficient (Wildman–Crippen LogP) is 12.5. The van der Waals surface area contributed by atoms with E-state index >= 15 is 0 Å². The van der Waals surface area contributed by atoms with Crippen LogP contribution in [0.5, 0.6) is 11.5 Å². The Morgan fingerprint density at radius 2 is 0.810 bits per heavy atom. The van der Waals surface area contributed by atoms with Gasteiger partial charge in [-0.25, -0.2) is 15.0 Å². The van der Waals surface area contributed by atoms with Crippen molar-refractivity contribution in [3.63, 3.8) is 0 Å². The Balaban J connectivity index is 0.985. The van der Waals surface area contributed by atoms with Crippen LogP contribution >= 0.6 is 0 Å². The predicted molar refractivity (Wildman–Crippen MR) is 229 cm³/mol. The van der Waals surface area contributed by atoms with E-state index in [4.69, 9.17) is 19.7 Å². The van der Waals surface area contributed by atoms with Crippen LogP contribution in [0.4, 0.5) is 0 Å². The summed E-state index contributed by atoms with van der Waals surface area (Å²) < 4.78 is 6.50. The van der Waals surface area contributed by atoms with Crippen molar-refractivity contribution in [1.82, 2.24) is 15.0 Å². The van der Waals surface area contributed by atoms with Gasteiger partial charge in [-0.15, -0.1) is 0 Å². The number of hydrogen-bond acceptors (Lipinski definition) is 5. The van der Waals surface area contributed by atoms with Crippen molar-refractivity contribution >= 4 is 0 Å². The van der Waals surface area contributed by atoms with Crippen LogP contribution < -0.4 is 4.74 Å². The van der Waals surface area contributed by atoms with Crippen molar-refractivity contribution in [2.75, 3.05) is 0 Å². The highest BCUT2D eigenvalue weighted by Crippen LogP contribution is 2.62. The topological polar surface area (TPSA) is 71.7 Å². The molecule has 8 aromatic carbocycles. The summed E-state index contributed by atoms with van der Waals surface area (Å²) in [5.41, 5.74) is 13.9. The van der Waals surface area contributed by atoms with Gasteiger partial charge in [-0.2, -0.15) is 5.26 Å². The third-order valence-electron chi connectivity index (χ3n) is 11.4. The second-order valence-electron chi connectivity index (χ2n) is 14.7. The number of nitrogens with zero attached hydrogens (tertiary/aromatic N) is 4. The largest absolute Gasteiger partial charge is 0.457 e. The first kappa shape index (κ1) is 33.4. The molecule has 11 rings (SSSR count). The lowest BCUT2D eigenvalue weighted by atomic mass is 9.66. The molecule has 0 saturated carbocycles. The summed E-state index contributed by atoms with van der Waals surface area (Å²) in [6.07, 6.45) is 0. The minimum atomic E-state index is -0.584. The van der Waals surface area contributed by atoms with Gasteiger partial charge in [0.15, 0.2) is 17.5 Å². The fourth-order valence-corrected chi connectivity index (χ4v) is 8.79. The van der Waals surface area contributed by atoms with Gasteiger partial charge in [0.2, 0.25) is 0 Å². The fourth-order valence-electron chi connectivity index (χ4n) is 8.79. The van der Waals surface area contributed by atoms with Crippen LogP contribution in [-0.4, -0.2) is 15.0 Å². The standard InChI is InChI=1S/C53H32N4O/c54-33-34-22-28-44-42(30-34)43-32-40(27-29-45(43)53(44)46-18-7-9-20-48(46)58-49-21-10-8-19-47(49)53)36-25-23-35(24-26-36)39-16-11-17-41(31-39)52-56-50(37-12-3-1-4-13-37)55-51(57-52)38-14-5-2-6-15-38/h1-32H. The van der Waals surface area contributed by atoms with Gasteiger partial charge in [0.25, 0.3) is 0 Å². The zero-order chi connectivity index (χ0) is 38.6. The molecule has 5 nitrogen and oxygen atoms in total. The molecule has 2 heterocycles. The van der Waals surface area contributed by atoms with Crippen LogP contribution in [0.25, 0.3) is 67.5 Å². The zero-order valence-electron chi connectivity index (χ0n) is 31.2. The summed E-state index contributed by atoms with van der Waals surface area (Å²) in [4.78, 5) is 14.8. The molecule has 0 amide bonds. The molecular formula is C53H32N4O. The molecule has 0 unspecified atom stereocenters. The van der Waals surface area contributed by atoms with Crippen molar-refractivity contribution in [1.29, 1.82) is 5.26 Å². The minimum Gasteiger partial charge on any atom is -0.457 e. The molecule has 270 valence electrons. The summed E-state index contributed by atoms with van der Waals surface area (Å²) in [7, 11) is 0. The van der Waals surface area contributed by atoms with Gasteiger partial charge >= 0.3 is 0 Å². The Kier molecular flexibility index (Phi) is 7.70. The summed E-state index contributed by atoms with van der Waals surface area (Å²) >= 11 is 0. The molecule has 58 heavy (non-hydrogen) atoms. The molecule has 9 aromatic rings. The van der Waals surface area contributed by atoms with Crippen molar-refractivity contribution in [3.05, 3.63) is 222 Å². The first-order chi connectivity index (χ1) is 28.7. The van der Waals surface area contributed by atoms with E-state index in [1.165, 1.54) is 5.56 Å². The van der Waals surface area contributed by atoms with Gasteiger partial charge in [0.05, 0.1) is 17.0 Å². The Labute approximate surface area is 336 Å². The number of para-hydroxylation sites is 2. The average molecular weight is 741 g/mol. The smallest absolute Gasteiger partial charge is 0.164 e. The second-order valence-corrected chi connectivity index (χ2v) is 14.7. The molecule has 1 aliphatic carbocycles. The summed E-state index contributed by atoms with van der Waals surface area (Å²) in [6, 6.07) is 69.1. The Hall–Kier alpha value is -7.94. The Morgan fingerprint density at radius 3 is 1.40 bits per heavy atom. The number of rotatable bonds is 5. The Morgan fingerprint density at radius 1 is 0.362 bits per heavy atom. The number of benzene rings is 8. The van der Waals surface area contributed by atoms with Gasteiger partial charge in [-0.05, 0) is 80.9 Å². The van der Waals surface area contributed by atoms with Gasteiger partial charge in [-0.3, -0.25) is 0 Å². The van der Waals surface area contributed by atoms with E-state index in [0.29, 0.717) is 23.0 Å². The highest BCUT2D eigenvalue weighted by atomic mass is 16.5. The van der Waals surface area contributed by atoms with Crippen LogP contribution in [0.15, 0.2) is 194 Å². The second kappa shape index (κ2) is 13.4. The van der Waals surface area contributed by atoms with E-state index in [9.17, 15) is 5.26 Å². The van der Waals surface area contributed by atoms with Gasteiger partial charge in [-0.1, -0.05) is 158 Å². The highest BCUT2D eigenvalue weighted by Gasteiger charge is 2.51. The van der Waals surface area contributed by atoms with Gasteiger partial charge in [0, 0.05) is 27.8 Å². The molecule has 0 fully saturated rings. The first-order valence-electron chi connectivity index (χ1n) is 19.3. The highest BCUT2D eigenvalue weighted by molar-refractivity contribution is 5.91. The van der Waals surface area contributed by atoms with Crippen LogP contribution in [0.2, 0.25) is 0 Å². The lowest BCUT2D eigenvalue weighted by Crippen LogP contribution is -2.32. The Bertz CT molecular complexity index is 2990. The van der Waals surface area contributed by atoms with Gasteiger partial charge in [0.1, 0.15) is 11.5 Å². The maximum Gasteiger partial charge on any atom is 0.164 e. The van der Waals surface area contributed by atoms with E-state index in [1.807, 2.05) is 97.1 Å². The molecule has 1 aliphatic heterocycles. The third kappa shape index (κ3) is 5.27. The molecule has 2 aliphatic rings. The van der Waals surface area contributed by atoms with Crippen molar-refractivity contribution in [3.8, 4) is 85.1 Å². The maximum atomic E-state index is 10.0. The molecule has 0 bridgehead atoms. The van der Waals surface area contributed by atoms with Crippen LogP contribution in [-0.2, 0) is 5.41 Å². The quantitative estimate of drug-likeness (QED) is 0.176. The summed E-state index contributed by atoms with van der Waals surface area (Å²) in [6.45, 7) is 0. The van der Waals surface area contributed by atoms with Crippen molar-refractivity contribution in [2.45, 2.75) is 5.41 Å². The van der Waals surface area contributed by atoms with Crippen molar-refractivity contribution in [2.24, 2.45) is 0 Å².